The van der Waals surface area contributed by atoms with E-state index in [2.05, 4.69) is 5.32 Å². The molecule has 1 aromatic rings. The molecule has 3 nitrogen and oxygen atoms in total. The van der Waals surface area contributed by atoms with E-state index in [1.54, 1.807) is 18.2 Å². The molecule has 1 saturated heterocycles. The van der Waals surface area contributed by atoms with E-state index < -0.39 is 11.4 Å². The molecule has 1 heterocycles. The summed E-state index contributed by atoms with van der Waals surface area (Å²) in [4.78, 5) is 12.2. The Kier molecular flexibility index (Phi) is 3.66. The van der Waals surface area contributed by atoms with Gasteiger partial charge in [0.05, 0.1) is 12.6 Å². The van der Waals surface area contributed by atoms with Crippen LogP contribution in [-0.2, 0) is 11.2 Å². The highest BCUT2D eigenvalue weighted by atomic mass is 19.1. The molecule has 1 fully saturated rings. The zero-order chi connectivity index (χ0) is 13.2. The standard InChI is InChI=1S/C14H18FNO2/c1-14(7-4-8-16-14)12(17)9-10-5-3-6-11(18-2)13(10)15/h3,5-6,16H,4,7-9H2,1-2H3. The Hall–Kier alpha value is -1.42. The normalized spacial score (nSPS) is 23.1. The average molecular weight is 251 g/mol. The van der Waals surface area contributed by atoms with Gasteiger partial charge in [0.15, 0.2) is 17.3 Å². The molecule has 0 aliphatic carbocycles. The molecule has 0 radical (unpaired) electrons. The lowest BCUT2D eigenvalue weighted by Crippen LogP contribution is -2.45. The summed E-state index contributed by atoms with van der Waals surface area (Å²) >= 11 is 0. The van der Waals surface area contributed by atoms with Crippen LogP contribution in [0.5, 0.6) is 5.75 Å². The fraction of sp³-hybridized carbons (Fsp3) is 0.500. The van der Waals surface area contributed by atoms with E-state index in [1.165, 1.54) is 7.11 Å². The van der Waals surface area contributed by atoms with Crippen molar-refractivity contribution in [1.29, 1.82) is 0 Å². The van der Waals surface area contributed by atoms with Gasteiger partial charge in [-0.25, -0.2) is 4.39 Å². The zero-order valence-electron chi connectivity index (χ0n) is 10.8. The smallest absolute Gasteiger partial charge is 0.168 e. The predicted molar refractivity (Wildman–Crippen MR) is 67.3 cm³/mol. The van der Waals surface area contributed by atoms with Crippen molar-refractivity contribution in [2.75, 3.05) is 13.7 Å². The summed E-state index contributed by atoms with van der Waals surface area (Å²) in [6, 6.07) is 4.89. The van der Waals surface area contributed by atoms with Gasteiger partial charge >= 0.3 is 0 Å². The minimum absolute atomic E-state index is 0.0344. The first kappa shape index (κ1) is 13.0. The molecule has 1 N–H and O–H groups in total. The summed E-state index contributed by atoms with van der Waals surface area (Å²) in [5, 5.41) is 3.20. The van der Waals surface area contributed by atoms with E-state index in [4.69, 9.17) is 4.74 Å². The molecule has 2 rings (SSSR count). The van der Waals surface area contributed by atoms with Gasteiger partial charge in [0, 0.05) is 6.42 Å². The molecule has 0 amide bonds. The third-order valence-corrected chi connectivity index (χ3v) is 3.60. The van der Waals surface area contributed by atoms with Crippen LogP contribution in [0.1, 0.15) is 25.3 Å². The third kappa shape index (κ3) is 2.38. The molecule has 4 heteroatoms. The average Bonchev–Trinajstić information content (AvgIpc) is 2.80. The van der Waals surface area contributed by atoms with Gasteiger partial charge in [0.1, 0.15) is 0 Å². The van der Waals surface area contributed by atoms with Gasteiger partial charge in [0.2, 0.25) is 0 Å². The quantitative estimate of drug-likeness (QED) is 0.890. The Labute approximate surface area is 106 Å². The van der Waals surface area contributed by atoms with Crippen LogP contribution in [0.15, 0.2) is 18.2 Å². The van der Waals surface area contributed by atoms with Crippen LogP contribution in [-0.4, -0.2) is 25.0 Å². The van der Waals surface area contributed by atoms with Crippen molar-refractivity contribution in [3.63, 3.8) is 0 Å². The molecule has 1 atom stereocenters. The number of nitrogens with one attached hydrogen (secondary N) is 1. The molecule has 1 aromatic carbocycles. The molecule has 1 aliphatic rings. The molecule has 0 spiro atoms. The van der Waals surface area contributed by atoms with Crippen molar-refractivity contribution in [3.8, 4) is 5.75 Å². The van der Waals surface area contributed by atoms with Gasteiger partial charge < -0.3 is 10.1 Å². The summed E-state index contributed by atoms with van der Waals surface area (Å²) in [6.07, 6.45) is 1.91. The van der Waals surface area contributed by atoms with Crippen molar-refractivity contribution in [3.05, 3.63) is 29.6 Å². The second-order valence-corrected chi connectivity index (χ2v) is 4.90. The summed E-state index contributed by atoms with van der Waals surface area (Å²) in [5.74, 6) is -0.216. The Morgan fingerprint density at radius 2 is 2.33 bits per heavy atom. The molecule has 0 aromatic heterocycles. The molecule has 18 heavy (non-hydrogen) atoms. The highest BCUT2D eigenvalue weighted by Gasteiger charge is 2.35. The molecule has 0 bridgehead atoms. The fourth-order valence-electron chi connectivity index (χ4n) is 2.35. The molecule has 0 saturated carbocycles. The molecule has 1 aliphatic heterocycles. The predicted octanol–water partition coefficient (Wildman–Crippen LogP) is 2.09. The third-order valence-electron chi connectivity index (χ3n) is 3.60. The number of ketones is 1. The van der Waals surface area contributed by atoms with Crippen LogP contribution in [0.25, 0.3) is 0 Å². The van der Waals surface area contributed by atoms with Crippen LogP contribution in [0.2, 0.25) is 0 Å². The number of benzene rings is 1. The van der Waals surface area contributed by atoms with E-state index in [-0.39, 0.29) is 18.0 Å². The molecular weight excluding hydrogens is 233 g/mol. The Balaban J connectivity index is 2.16. The number of methoxy groups -OCH3 is 1. The van der Waals surface area contributed by atoms with E-state index in [0.29, 0.717) is 5.56 Å². The number of rotatable bonds is 4. The maximum Gasteiger partial charge on any atom is 0.168 e. The first-order valence-corrected chi connectivity index (χ1v) is 6.16. The number of hydrogen-bond donors (Lipinski definition) is 1. The van der Waals surface area contributed by atoms with Gasteiger partial charge in [0.25, 0.3) is 0 Å². The van der Waals surface area contributed by atoms with Crippen molar-refractivity contribution >= 4 is 5.78 Å². The van der Waals surface area contributed by atoms with Gasteiger partial charge in [-0.05, 0) is 37.9 Å². The number of halogens is 1. The van der Waals surface area contributed by atoms with Gasteiger partial charge in [-0.1, -0.05) is 12.1 Å². The summed E-state index contributed by atoms with van der Waals surface area (Å²) in [6.45, 7) is 2.74. The summed E-state index contributed by atoms with van der Waals surface area (Å²) in [7, 11) is 1.42. The molecule has 98 valence electrons. The Morgan fingerprint density at radius 3 is 2.94 bits per heavy atom. The largest absolute Gasteiger partial charge is 0.494 e. The van der Waals surface area contributed by atoms with Crippen LogP contribution < -0.4 is 10.1 Å². The van der Waals surface area contributed by atoms with Crippen molar-refractivity contribution in [2.24, 2.45) is 0 Å². The first-order chi connectivity index (χ1) is 8.57. The first-order valence-electron chi connectivity index (χ1n) is 6.16. The second-order valence-electron chi connectivity index (χ2n) is 4.90. The maximum atomic E-state index is 13.9. The lowest BCUT2D eigenvalue weighted by molar-refractivity contribution is -0.123. The lowest BCUT2D eigenvalue weighted by Gasteiger charge is -2.22. The van der Waals surface area contributed by atoms with Crippen LogP contribution >= 0.6 is 0 Å². The van der Waals surface area contributed by atoms with Crippen LogP contribution in [0, 0.1) is 5.82 Å². The van der Waals surface area contributed by atoms with E-state index in [0.717, 1.165) is 19.4 Å². The van der Waals surface area contributed by atoms with E-state index in [9.17, 15) is 9.18 Å². The number of carbonyl (C=O) groups is 1. The van der Waals surface area contributed by atoms with E-state index >= 15 is 0 Å². The second kappa shape index (κ2) is 5.06. The fourth-order valence-corrected chi connectivity index (χ4v) is 2.35. The summed E-state index contributed by atoms with van der Waals surface area (Å²) < 4.78 is 18.9. The molecular formula is C14H18FNO2. The van der Waals surface area contributed by atoms with Gasteiger partial charge in [-0.3, -0.25) is 4.79 Å². The molecule has 1 unspecified atom stereocenters. The number of carbonyl (C=O) groups excluding carboxylic acids is 1. The number of Topliss-reactive ketones (excluding diaryl/α,β-unsaturated/α-hetero) is 1. The zero-order valence-corrected chi connectivity index (χ0v) is 10.8. The topological polar surface area (TPSA) is 38.3 Å². The SMILES string of the molecule is COc1cccc(CC(=O)C2(C)CCCN2)c1F. The van der Waals surface area contributed by atoms with Gasteiger partial charge in [-0.2, -0.15) is 0 Å². The lowest BCUT2D eigenvalue weighted by atomic mass is 9.90. The number of hydrogen-bond acceptors (Lipinski definition) is 3. The Bertz CT molecular complexity index is 453. The Morgan fingerprint density at radius 1 is 1.56 bits per heavy atom. The van der Waals surface area contributed by atoms with Crippen molar-refractivity contribution in [2.45, 2.75) is 31.7 Å². The van der Waals surface area contributed by atoms with E-state index in [1.807, 2.05) is 6.92 Å². The minimum Gasteiger partial charge on any atom is -0.494 e. The highest BCUT2D eigenvalue weighted by molar-refractivity contribution is 5.90. The van der Waals surface area contributed by atoms with Crippen LogP contribution in [0.3, 0.4) is 0 Å². The summed E-state index contributed by atoms with van der Waals surface area (Å²) in [5.41, 5.74) is -0.107. The van der Waals surface area contributed by atoms with Crippen molar-refractivity contribution < 1.29 is 13.9 Å². The van der Waals surface area contributed by atoms with Crippen molar-refractivity contribution in [1.82, 2.24) is 5.32 Å². The van der Waals surface area contributed by atoms with Crippen LogP contribution in [0.4, 0.5) is 4.39 Å². The monoisotopic (exact) mass is 251 g/mol. The van der Waals surface area contributed by atoms with Gasteiger partial charge in [-0.15, -0.1) is 0 Å². The maximum absolute atomic E-state index is 13.9. The highest BCUT2D eigenvalue weighted by Crippen LogP contribution is 2.25. The minimum atomic E-state index is -0.504. The number of ether oxygens (including phenoxy) is 1.